The number of rotatable bonds is 9. The molecule has 15 heavy (non-hydrogen) atoms. The normalized spacial score (nSPS) is 11.6. The second-order valence-electron chi connectivity index (χ2n) is 3.66. The molecule has 0 saturated carbocycles. The molecule has 0 spiro atoms. The van der Waals surface area contributed by atoms with Crippen LogP contribution in [0.5, 0.6) is 0 Å². The molecule has 6 heteroatoms. The first kappa shape index (κ1) is 14.6. The minimum Gasteiger partial charge on any atom is -0.481 e. The summed E-state index contributed by atoms with van der Waals surface area (Å²) in [5.41, 5.74) is 10.7. The lowest BCUT2D eigenvalue weighted by Crippen LogP contribution is -2.11. The molecule has 90 valence electrons. The third-order valence-corrected chi connectivity index (χ3v) is 5.57. The molecule has 0 aromatic rings. The lowest BCUT2D eigenvalue weighted by Gasteiger charge is -2.16. The highest BCUT2D eigenvalue weighted by Crippen LogP contribution is 2.47. The van der Waals surface area contributed by atoms with Crippen molar-refractivity contribution in [2.24, 2.45) is 11.5 Å². The standard InChI is InChI=1S/C9H21N2O3P/c10-4-1-6-15(14,7-2-5-11)8-3-9(12)13/h1-8,10-11H2,(H,12,13). The van der Waals surface area contributed by atoms with Crippen molar-refractivity contribution in [2.75, 3.05) is 31.6 Å². The molecule has 0 atom stereocenters. The van der Waals surface area contributed by atoms with Gasteiger partial charge >= 0.3 is 5.97 Å². The highest BCUT2D eigenvalue weighted by atomic mass is 31.2. The minimum absolute atomic E-state index is 0.0214. The van der Waals surface area contributed by atoms with Crippen molar-refractivity contribution in [1.29, 1.82) is 0 Å². The lowest BCUT2D eigenvalue weighted by molar-refractivity contribution is -0.136. The Labute approximate surface area is 90.6 Å². The van der Waals surface area contributed by atoms with Gasteiger partial charge < -0.3 is 21.1 Å². The Balaban J connectivity index is 4.13. The molecule has 0 fully saturated rings. The van der Waals surface area contributed by atoms with Gasteiger partial charge in [-0.05, 0) is 25.9 Å². The number of hydrogen-bond donors (Lipinski definition) is 3. The van der Waals surface area contributed by atoms with Gasteiger partial charge in [-0.15, -0.1) is 0 Å². The Morgan fingerprint density at radius 2 is 1.53 bits per heavy atom. The van der Waals surface area contributed by atoms with Gasteiger partial charge in [0, 0.05) is 18.5 Å². The van der Waals surface area contributed by atoms with Crippen molar-refractivity contribution in [2.45, 2.75) is 19.3 Å². The van der Waals surface area contributed by atoms with Gasteiger partial charge in [-0.1, -0.05) is 0 Å². The van der Waals surface area contributed by atoms with Crippen LogP contribution in [0.25, 0.3) is 0 Å². The quantitative estimate of drug-likeness (QED) is 0.506. The predicted molar refractivity (Wildman–Crippen MR) is 61.8 cm³/mol. The van der Waals surface area contributed by atoms with Crippen LogP contribution in [-0.4, -0.2) is 42.7 Å². The van der Waals surface area contributed by atoms with E-state index in [1.165, 1.54) is 0 Å². The molecule has 0 heterocycles. The van der Waals surface area contributed by atoms with Crippen LogP contribution >= 0.6 is 7.14 Å². The second-order valence-corrected chi connectivity index (χ2v) is 7.12. The average Bonchev–Trinajstić information content (AvgIpc) is 2.21. The molecule has 0 aliphatic rings. The first-order chi connectivity index (χ1) is 7.04. The molecule has 0 aliphatic heterocycles. The summed E-state index contributed by atoms with van der Waals surface area (Å²) in [6.45, 7) is 0.999. The Morgan fingerprint density at radius 3 is 1.87 bits per heavy atom. The number of carboxylic acid groups (broad SMARTS) is 1. The summed E-state index contributed by atoms with van der Waals surface area (Å²) in [5.74, 6) is -0.893. The van der Waals surface area contributed by atoms with Gasteiger partial charge in [0.1, 0.15) is 0 Å². The van der Waals surface area contributed by atoms with Crippen molar-refractivity contribution in [3.05, 3.63) is 0 Å². The van der Waals surface area contributed by atoms with E-state index in [2.05, 4.69) is 0 Å². The van der Waals surface area contributed by atoms with Crippen molar-refractivity contribution < 1.29 is 14.5 Å². The predicted octanol–water partition coefficient (Wildman–Crippen LogP) is 0.522. The maximum absolute atomic E-state index is 12.3. The van der Waals surface area contributed by atoms with Gasteiger partial charge in [0.05, 0.1) is 13.6 Å². The lowest BCUT2D eigenvalue weighted by atomic mass is 10.5. The van der Waals surface area contributed by atoms with Gasteiger partial charge in [0.15, 0.2) is 0 Å². The molecule has 5 N–H and O–H groups in total. The van der Waals surface area contributed by atoms with Crippen LogP contribution < -0.4 is 11.5 Å². The van der Waals surface area contributed by atoms with E-state index in [-0.39, 0.29) is 12.6 Å². The molecule has 0 amide bonds. The van der Waals surface area contributed by atoms with Gasteiger partial charge in [0.2, 0.25) is 0 Å². The molecule has 0 aliphatic carbocycles. The summed E-state index contributed by atoms with van der Waals surface area (Å²) < 4.78 is 12.3. The van der Waals surface area contributed by atoms with E-state index in [4.69, 9.17) is 16.6 Å². The van der Waals surface area contributed by atoms with E-state index in [1.807, 2.05) is 0 Å². The maximum atomic E-state index is 12.3. The maximum Gasteiger partial charge on any atom is 0.303 e. The van der Waals surface area contributed by atoms with Crippen LogP contribution in [0.15, 0.2) is 0 Å². The Kier molecular flexibility index (Phi) is 7.65. The summed E-state index contributed by atoms with van der Waals surface area (Å²) in [4.78, 5) is 10.4. The molecule has 0 rings (SSSR count). The van der Waals surface area contributed by atoms with E-state index in [9.17, 15) is 9.36 Å². The van der Waals surface area contributed by atoms with Gasteiger partial charge in [0.25, 0.3) is 0 Å². The Morgan fingerprint density at radius 1 is 1.07 bits per heavy atom. The van der Waals surface area contributed by atoms with Crippen LogP contribution in [-0.2, 0) is 9.36 Å². The summed E-state index contributed by atoms with van der Waals surface area (Å²) in [5, 5.41) is 8.56. The van der Waals surface area contributed by atoms with Crippen molar-refractivity contribution in [3.63, 3.8) is 0 Å². The number of nitrogens with two attached hydrogens (primary N) is 2. The summed E-state index contributed by atoms with van der Waals surface area (Å²) >= 11 is 0. The van der Waals surface area contributed by atoms with E-state index in [0.717, 1.165) is 0 Å². The highest BCUT2D eigenvalue weighted by Gasteiger charge is 2.21. The average molecular weight is 236 g/mol. The zero-order valence-electron chi connectivity index (χ0n) is 9.02. The number of aliphatic carboxylic acids is 1. The molecule has 5 nitrogen and oxygen atoms in total. The van der Waals surface area contributed by atoms with Crippen LogP contribution in [0.4, 0.5) is 0 Å². The molecule has 0 bridgehead atoms. The Hall–Kier alpha value is -0.380. The zero-order valence-corrected chi connectivity index (χ0v) is 9.92. The van der Waals surface area contributed by atoms with Crippen molar-refractivity contribution in [1.82, 2.24) is 0 Å². The largest absolute Gasteiger partial charge is 0.481 e. The van der Waals surface area contributed by atoms with Crippen LogP contribution in [0.1, 0.15) is 19.3 Å². The van der Waals surface area contributed by atoms with Crippen LogP contribution in [0, 0.1) is 0 Å². The third kappa shape index (κ3) is 7.54. The number of carboxylic acids is 1. The molecule has 0 aromatic carbocycles. The molecule has 0 radical (unpaired) electrons. The molecule has 0 unspecified atom stereocenters. The first-order valence-electron chi connectivity index (χ1n) is 5.23. The van der Waals surface area contributed by atoms with Crippen LogP contribution in [0.3, 0.4) is 0 Å². The number of hydrogen-bond acceptors (Lipinski definition) is 4. The van der Waals surface area contributed by atoms with E-state index in [1.54, 1.807) is 0 Å². The summed E-state index contributed by atoms with van der Waals surface area (Å²) in [6.07, 6.45) is 2.76. The van der Waals surface area contributed by atoms with Crippen LogP contribution in [0.2, 0.25) is 0 Å². The van der Waals surface area contributed by atoms with Crippen molar-refractivity contribution >= 4 is 13.1 Å². The van der Waals surface area contributed by atoms with Gasteiger partial charge in [-0.25, -0.2) is 0 Å². The van der Waals surface area contributed by atoms with Crippen molar-refractivity contribution in [3.8, 4) is 0 Å². The van der Waals surface area contributed by atoms with E-state index in [0.29, 0.717) is 38.3 Å². The molecular formula is C9H21N2O3P. The fourth-order valence-corrected chi connectivity index (χ4v) is 4.18. The SMILES string of the molecule is NCCCP(=O)(CCCN)CCC(=O)O. The fourth-order valence-electron chi connectivity index (χ4n) is 1.39. The molecular weight excluding hydrogens is 215 g/mol. The van der Waals surface area contributed by atoms with Gasteiger partial charge in [-0.3, -0.25) is 4.79 Å². The minimum atomic E-state index is -2.35. The highest BCUT2D eigenvalue weighted by molar-refractivity contribution is 7.63. The topological polar surface area (TPSA) is 106 Å². The van der Waals surface area contributed by atoms with E-state index < -0.39 is 13.1 Å². The Bertz CT molecular complexity index is 221. The van der Waals surface area contributed by atoms with Gasteiger partial charge in [-0.2, -0.15) is 0 Å². The number of carbonyl (C=O) groups is 1. The fraction of sp³-hybridized carbons (Fsp3) is 0.889. The van der Waals surface area contributed by atoms with E-state index >= 15 is 0 Å². The second kappa shape index (κ2) is 7.85. The summed E-state index contributed by atoms with van der Waals surface area (Å²) in [6, 6.07) is 0. The smallest absolute Gasteiger partial charge is 0.303 e. The monoisotopic (exact) mass is 236 g/mol. The summed E-state index contributed by atoms with van der Waals surface area (Å²) in [7, 11) is -2.35. The third-order valence-electron chi connectivity index (χ3n) is 2.27. The molecule has 0 saturated heterocycles. The zero-order chi connectivity index (χ0) is 11.7. The molecule has 0 aromatic heterocycles. The first-order valence-corrected chi connectivity index (χ1v) is 7.49.